The third kappa shape index (κ3) is 2.91. The second-order valence-corrected chi connectivity index (χ2v) is 8.32. The Morgan fingerprint density at radius 1 is 0.968 bits per heavy atom. The molecule has 0 radical (unpaired) electrons. The average molecular weight is 415 g/mol. The number of anilines is 2. The lowest BCUT2D eigenvalue weighted by Gasteiger charge is -2.19. The third-order valence-electron chi connectivity index (χ3n) is 6.33. The lowest BCUT2D eigenvalue weighted by atomic mass is 10.1. The van der Waals surface area contributed by atoms with Crippen LogP contribution in [0.1, 0.15) is 22.3 Å². The fraction of sp³-hybridized carbons (Fsp3) is 0.292. The van der Waals surface area contributed by atoms with Crippen LogP contribution in [0.4, 0.5) is 11.6 Å². The molecule has 0 spiro atoms. The van der Waals surface area contributed by atoms with Gasteiger partial charge in [0.15, 0.2) is 11.2 Å². The number of aromatic nitrogens is 4. The van der Waals surface area contributed by atoms with E-state index in [1.807, 2.05) is 41.8 Å². The van der Waals surface area contributed by atoms with Gasteiger partial charge < -0.3 is 9.47 Å². The Labute approximate surface area is 179 Å². The summed E-state index contributed by atoms with van der Waals surface area (Å²) < 4.78 is 4.74. The van der Waals surface area contributed by atoms with E-state index in [0.717, 1.165) is 23.4 Å². The molecule has 0 amide bonds. The van der Waals surface area contributed by atoms with Crippen molar-refractivity contribution in [3.8, 4) is 0 Å². The van der Waals surface area contributed by atoms with Crippen molar-refractivity contribution in [1.82, 2.24) is 18.7 Å². The van der Waals surface area contributed by atoms with Crippen molar-refractivity contribution in [2.75, 3.05) is 11.4 Å². The van der Waals surface area contributed by atoms with Gasteiger partial charge in [-0.15, -0.1) is 0 Å². The Morgan fingerprint density at radius 3 is 2.45 bits per heavy atom. The van der Waals surface area contributed by atoms with Gasteiger partial charge in [0.25, 0.3) is 5.56 Å². The Bertz CT molecular complexity index is 1440. The molecule has 2 aromatic carbocycles. The van der Waals surface area contributed by atoms with Crippen LogP contribution in [0, 0.1) is 20.8 Å². The third-order valence-corrected chi connectivity index (χ3v) is 6.33. The number of rotatable bonds is 3. The van der Waals surface area contributed by atoms with Crippen LogP contribution in [-0.2, 0) is 20.1 Å². The Kier molecular flexibility index (Phi) is 4.36. The Morgan fingerprint density at radius 2 is 1.71 bits per heavy atom. The highest BCUT2D eigenvalue weighted by atomic mass is 16.2. The fourth-order valence-corrected chi connectivity index (χ4v) is 4.35. The summed E-state index contributed by atoms with van der Waals surface area (Å²) in [6.45, 7) is 7.83. The van der Waals surface area contributed by atoms with Crippen molar-refractivity contribution in [1.29, 1.82) is 0 Å². The standard InChI is InChI=1S/C24H25N5O2/c1-15-8-10-18(11-9-15)14-29-22(30)20-21(26(4)24(29)31)25-23-27(12-13-28(20)23)19-7-5-6-16(2)17(19)3/h5-11H,12-14H2,1-4H3. The number of hydrogen-bond donors (Lipinski definition) is 0. The molecule has 31 heavy (non-hydrogen) atoms. The average Bonchev–Trinajstić information content (AvgIpc) is 3.32. The van der Waals surface area contributed by atoms with Crippen LogP contribution in [0.25, 0.3) is 11.2 Å². The van der Waals surface area contributed by atoms with E-state index in [4.69, 9.17) is 4.98 Å². The van der Waals surface area contributed by atoms with Gasteiger partial charge in [0.2, 0.25) is 5.95 Å². The highest BCUT2D eigenvalue weighted by Gasteiger charge is 2.29. The van der Waals surface area contributed by atoms with E-state index in [9.17, 15) is 9.59 Å². The molecule has 0 unspecified atom stereocenters. The molecule has 1 aliphatic rings. The van der Waals surface area contributed by atoms with Gasteiger partial charge in [-0.05, 0) is 43.5 Å². The van der Waals surface area contributed by atoms with Crippen LogP contribution in [0.3, 0.4) is 0 Å². The zero-order valence-electron chi connectivity index (χ0n) is 18.2. The fourth-order valence-electron chi connectivity index (χ4n) is 4.35. The summed E-state index contributed by atoms with van der Waals surface area (Å²) in [5.74, 6) is 0.712. The van der Waals surface area contributed by atoms with Gasteiger partial charge in [-0.3, -0.25) is 13.9 Å². The summed E-state index contributed by atoms with van der Waals surface area (Å²) in [5.41, 5.74) is 5.81. The molecule has 158 valence electrons. The molecule has 5 rings (SSSR count). The molecular weight excluding hydrogens is 390 g/mol. The molecule has 0 fully saturated rings. The number of imidazole rings is 1. The highest BCUT2D eigenvalue weighted by Crippen LogP contribution is 2.34. The van der Waals surface area contributed by atoms with E-state index in [-0.39, 0.29) is 17.8 Å². The summed E-state index contributed by atoms with van der Waals surface area (Å²) >= 11 is 0. The molecule has 7 nitrogen and oxygen atoms in total. The van der Waals surface area contributed by atoms with Crippen LogP contribution < -0.4 is 16.1 Å². The smallest absolute Gasteiger partial charge is 0.310 e. The maximum Gasteiger partial charge on any atom is 0.332 e. The van der Waals surface area contributed by atoms with Gasteiger partial charge in [0.05, 0.1) is 6.54 Å². The molecule has 0 aliphatic carbocycles. The number of fused-ring (bicyclic) bond motifs is 3. The lowest BCUT2D eigenvalue weighted by molar-refractivity contribution is 0.652. The van der Waals surface area contributed by atoms with E-state index in [0.29, 0.717) is 23.7 Å². The second kappa shape index (κ2) is 6.97. The molecule has 0 N–H and O–H groups in total. The molecule has 2 aromatic heterocycles. The molecule has 1 aliphatic heterocycles. The minimum absolute atomic E-state index is 0.239. The molecule has 4 aromatic rings. The zero-order valence-corrected chi connectivity index (χ0v) is 18.2. The van der Waals surface area contributed by atoms with Gasteiger partial charge in [0.1, 0.15) is 0 Å². The first-order valence-electron chi connectivity index (χ1n) is 10.5. The van der Waals surface area contributed by atoms with Gasteiger partial charge >= 0.3 is 5.69 Å². The van der Waals surface area contributed by atoms with Gasteiger partial charge in [-0.25, -0.2) is 4.79 Å². The van der Waals surface area contributed by atoms with Crippen molar-refractivity contribution in [3.05, 3.63) is 85.6 Å². The maximum atomic E-state index is 13.4. The summed E-state index contributed by atoms with van der Waals surface area (Å²) in [7, 11) is 1.68. The summed E-state index contributed by atoms with van der Waals surface area (Å²) in [6.07, 6.45) is 0. The topological polar surface area (TPSA) is 65.1 Å². The molecule has 0 saturated carbocycles. The van der Waals surface area contributed by atoms with E-state index in [2.05, 4.69) is 30.9 Å². The largest absolute Gasteiger partial charge is 0.332 e. The molecule has 3 heterocycles. The first kappa shape index (κ1) is 19.4. The second-order valence-electron chi connectivity index (χ2n) is 8.32. The molecular formula is C24H25N5O2. The van der Waals surface area contributed by atoms with E-state index >= 15 is 0 Å². The van der Waals surface area contributed by atoms with E-state index < -0.39 is 0 Å². The van der Waals surface area contributed by atoms with Gasteiger partial charge in [-0.1, -0.05) is 42.0 Å². The first-order valence-corrected chi connectivity index (χ1v) is 10.5. The van der Waals surface area contributed by atoms with Crippen LogP contribution >= 0.6 is 0 Å². The van der Waals surface area contributed by atoms with Crippen LogP contribution in [-0.4, -0.2) is 25.2 Å². The highest BCUT2D eigenvalue weighted by molar-refractivity contribution is 5.78. The molecule has 0 saturated heterocycles. The van der Waals surface area contributed by atoms with Gasteiger partial charge in [-0.2, -0.15) is 4.98 Å². The Balaban J connectivity index is 1.68. The quantitative estimate of drug-likeness (QED) is 0.516. The minimum Gasteiger partial charge on any atom is -0.310 e. The lowest BCUT2D eigenvalue weighted by Crippen LogP contribution is -2.40. The van der Waals surface area contributed by atoms with Crippen molar-refractivity contribution >= 4 is 22.8 Å². The van der Waals surface area contributed by atoms with Crippen molar-refractivity contribution < 1.29 is 0 Å². The Hall–Kier alpha value is -3.61. The van der Waals surface area contributed by atoms with E-state index in [1.54, 1.807) is 7.05 Å². The predicted molar refractivity (Wildman–Crippen MR) is 122 cm³/mol. The maximum absolute atomic E-state index is 13.4. The molecule has 7 heteroatoms. The number of benzene rings is 2. The molecule has 0 bridgehead atoms. The number of aryl methyl sites for hydroxylation is 3. The molecule has 0 atom stereocenters. The van der Waals surface area contributed by atoms with Crippen molar-refractivity contribution in [2.45, 2.75) is 33.9 Å². The first-order chi connectivity index (χ1) is 14.9. The van der Waals surface area contributed by atoms with Crippen LogP contribution in [0.2, 0.25) is 0 Å². The normalized spacial score (nSPS) is 13.2. The minimum atomic E-state index is -0.354. The summed E-state index contributed by atoms with van der Waals surface area (Å²) in [6, 6.07) is 14.1. The van der Waals surface area contributed by atoms with Crippen LogP contribution in [0.5, 0.6) is 0 Å². The predicted octanol–water partition coefficient (Wildman–Crippen LogP) is 3.02. The SMILES string of the molecule is Cc1ccc(Cn2c(=O)c3c(nc4n3CCN4c3cccc(C)c3C)n(C)c2=O)cc1. The zero-order chi connectivity index (χ0) is 21.9. The number of hydrogen-bond acceptors (Lipinski definition) is 4. The monoisotopic (exact) mass is 415 g/mol. The van der Waals surface area contributed by atoms with Crippen molar-refractivity contribution in [3.63, 3.8) is 0 Å². The summed E-state index contributed by atoms with van der Waals surface area (Å²) in [5, 5.41) is 0. The van der Waals surface area contributed by atoms with E-state index in [1.165, 1.54) is 20.3 Å². The van der Waals surface area contributed by atoms with Crippen molar-refractivity contribution in [2.24, 2.45) is 7.05 Å². The van der Waals surface area contributed by atoms with Gasteiger partial charge in [0, 0.05) is 25.8 Å². The number of nitrogens with zero attached hydrogens (tertiary/aromatic N) is 5. The van der Waals surface area contributed by atoms with Crippen LogP contribution in [0.15, 0.2) is 52.1 Å². The summed E-state index contributed by atoms with van der Waals surface area (Å²) in [4.78, 5) is 33.3.